The molecular formula is C23H39IN4O2. The van der Waals surface area contributed by atoms with Crippen molar-refractivity contribution in [2.45, 2.75) is 57.1 Å². The maximum Gasteiger partial charge on any atom is 0.191 e. The summed E-state index contributed by atoms with van der Waals surface area (Å²) in [5.41, 5.74) is 0.0768. The fourth-order valence-electron chi connectivity index (χ4n) is 4.56. The summed E-state index contributed by atoms with van der Waals surface area (Å²) in [5.74, 6) is 0.780. The molecule has 1 saturated heterocycles. The molecule has 1 heterocycles. The van der Waals surface area contributed by atoms with Crippen molar-refractivity contribution < 1.29 is 9.84 Å². The topological polar surface area (TPSA) is 69.1 Å². The third-order valence-corrected chi connectivity index (χ3v) is 6.34. The molecule has 0 amide bonds. The zero-order chi connectivity index (χ0) is 20.6. The number of hydrogen-bond donors (Lipinski definition) is 3. The van der Waals surface area contributed by atoms with E-state index in [1.807, 2.05) is 37.3 Å². The Bertz CT molecular complexity index is 642. The lowest BCUT2D eigenvalue weighted by atomic mass is 9.80. The zero-order valence-corrected chi connectivity index (χ0v) is 20.9. The van der Waals surface area contributed by atoms with Crippen molar-refractivity contribution in [3.63, 3.8) is 0 Å². The molecule has 30 heavy (non-hydrogen) atoms. The molecular weight excluding hydrogens is 491 g/mol. The lowest BCUT2D eigenvalue weighted by Crippen LogP contribution is -2.60. The Morgan fingerprint density at radius 1 is 1.13 bits per heavy atom. The molecule has 7 heteroatoms. The third-order valence-electron chi connectivity index (χ3n) is 6.34. The van der Waals surface area contributed by atoms with Gasteiger partial charge in [-0.25, -0.2) is 4.99 Å². The molecule has 1 aliphatic heterocycles. The van der Waals surface area contributed by atoms with E-state index in [0.717, 1.165) is 50.9 Å². The van der Waals surface area contributed by atoms with Gasteiger partial charge in [0.2, 0.25) is 0 Å². The smallest absolute Gasteiger partial charge is 0.191 e. The van der Waals surface area contributed by atoms with Gasteiger partial charge in [0, 0.05) is 31.7 Å². The van der Waals surface area contributed by atoms with E-state index in [2.05, 4.69) is 22.5 Å². The van der Waals surface area contributed by atoms with Gasteiger partial charge in [-0.1, -0.05) is 49.6 Å². The van der Waals surface area contributed by atoms with Gasteiger partial charge in [-0.15, -0.1) is 24.0 Å². The number of morpholine rings is 1. The van der Waals surface area contributed by atoms with E-state index in [4.69, 9.17) is 9.73 Å². The van der Waals surface area contributed by atoms with Crippen LogP contribution in [0.5, 0.6) is 0 Å². The number of hydrogen-bond acceptors (Lipinski definition) is 4. The first kappa shape index (κ1) is 25.4. The summed E-state index contributed by atoms with van der Waals surface area (Å²) in [5, 5.41) is 17.8. The van der Waals surface area contributed by atoms with Crippen LogP contribution in [0.25, 0.3) is 0 Å². The fourth-order valence-corrected chi connectivity index (χ4v) is 4.56. The molecule has 1 saturated carbocycles. The number of nitrogens with zero attached hydrogens (tertiary/aromatic N) is 2. The SMILES string of the molecule is CCNC(=NCC(C)(O)c1ccccc1)NCC1(N2CCOCC2)CCCCC1.I. The minimum Gasteiger partial charge on any atom is -0.384 e. The largest absolute Gasteiger partial charge is 0.384 e. The van der Waals surface area contributed by atoms with Crippen LogP contribution in [-0.4, -0.2) is 67.4 Å². The highest BCUT2D eigenvalue weighted by Crippen LogP contribution is 2.33. The monoisotopic (exact) mass is 530 g/mol. The van der Waals surface area contributed by atoms with Gasteiger partial charge in [0.25, 0.3) is 0 Å². The predicted molar refractivity (Wildman–Crippen MR) is 134 cm³/mol. The maximum absolute atomic E-state index is 10.9. The van der Waals surface area contributed by atoms with E-state index in [1.165, 1.54) is 32.1 Å². The molecule has 0 spiro atoms. The normalized spacial score (nSPS) is 21.9. The summed E-state index contributed by atoms with van der Waals surface area (Å²) in [6, 6.07) is 9.76. The standard InChI is InChI=1S/C23H38N4O2.HI/c1-3-24-21(25-18-22(2,28)20-10-6-4-7-11-20)26-19-23(12-8-5-9-13-23)27-14-16-29-17-15-27;/h4,6-7,10-11,28H,3,5,8-9,12-19H2,1-2H3,(H2,24,25,26);1H. The van der Waals surface area contributed by atoms with Crippen LogP contribution in [0.2, 0.25) is 0 Å². The number of rotatable bonds is 7. The van der Waals surface area contributed by atoms with Crippen LogP contribution in [-0.2, 0) is 10.3 Å². The minimum absolute atomic E-state index is 0. The highest BCUT2D eigenvalue weighted by molar-refractivity contribution is 14.0. The van der Waals surface area contributed by atoms with E-state index in [1.54, 1.807) is 0 Å². The van der Waals surface area contributed by atoms with Gasteiger partial charge in [0.15, 0.2) is 5.96 Å². The number of aliphatic imine (C=N–C) groups is 1. The van der Waals surface area contributed by atoms with Crippen LogP contribution >= 0.6 is 24.0 Å². The zero-order valence-electron chi connectivity index (χ0n) is 18.5. The molecule has 0 radical (unpaired) electrons. The fraction of sp³-hybridized carbons (Fsp3) is 0.696. The summed E-state index contributed by atoms with van der Waals surface area (Å²) in [6.45, 7) is 9.57. The molecule has 3 N–H and O–H groups in total. The number of aliphatic hydroxyl groups is 1. The van der Waals surface area contributed by atoms with Crippen LogP contribution in [0.1, 0.15) is 51.5 Å². The third kappa shape index (κ3) is 6.80. The Hall–Kier alpha value is -0.900. The van der Waals surface area contributed by atoms with Crippen molar-refractivity contribution >= 4 is 29.9 Å². The molecule has 3 rings (SSSR count). The van der Waals surface area contributed by atoms with Crippen molar-refractivity contribution in [2.24, 2.45) is 4.99 Å². The number of nitrogens with one attached hydrogen (secondary N) is 2. The van der Waals surface area contributed by atoms with Crippen LogP contribution in [0.15, 0.2) is 35.3 Å². The number of guanidine groups is 1. The van der Waals surface area contributed by atoms with Gasteiger partial charge in [0.05, 0.1) is 19.8 Å². The van der Waals surface area contributed by atoms with Crippen LogP contribution in [0, 0.1) is 0 Å². The Balaban J connectivity index is 0.00000320. The van der Waals surface area contributed by atoms with E-state index >= 15 is 0 Å². The van der Waals surface area contributed by atoms with E-state index < -0.39 is 5.60 Å². The number of halogens is 1. The summed E-state index contributed by atoms with van der Waals surface area (Å²) >= 11 is 0. The van der Waals surface area contributed by atoms with Gasteiger partial charge < -0.3 is 20.5 Å². The second-order valence-corrected chi connectivity index (χ2v) is 8.57. The molecule has 0 bridgehead atoms. The first-order valence-corrected chi connectivity index (χ1v) is 11.2. The van der Waals surface area contributed by atoms with Gasteiger partial charge in [-0.3, -0.25) is 4.90 Å². The Morgan fingerprint density at radius 3 is 2.43 bits per heavy atom. The van der Waals surface area contributed by atoms with Crippen LogP contribution in [0.4, 0.5) is 0 Å². The first-order valence-electron chi connectivity index (χ1n) is 11.2. The van der Waals surface area contributed by atoms with E-state index in [9.17, 15) is 5.11 Å². The molecule has 1 aromatic rings. The quantitative estimate of drug-likeness (QED) is 0.287. The summed E-state index contributed by atoms with van der Waals surface area (Å²) in [7, 11) is 0. The lowest BCUT2D eigenvalue weighted by Gasteiger charge is -2.48. The van der Waals surface area contributed by atoms with E-state index in [0.29, 0.717) is 6.54 Å². The van der Waals surface area contributed by atoms with Gasteiger partial charge in [-0.05, 0) is 32.3 Å². The molecule has 1 unspecified atom stereocenters. The second kappa shape index (κ2) is 12.2. The van der Waals surface area contributed by atoms with Crippen LogP contribution < -0.4 is 10.6 Å². The van der Waals surface area contributed by atoms with Gasteiger partial charge >= 0.3 is 0 Å². The number of benzene rings is 1. The maximum atomic E-state index is 10.9. The Morgan fingerprint density at radius 2 is 1.80 bits per heavy atom. The highest BCUT2D eigenvalue weighted by atomic mass is 127. The Labute approximate surface area is 198 Å². The van der Waals surface area contributed by atoms with Crippen LogP contribution in [0.3, 0.4) is 0 Å². The van der Waals surface area contributed by atoms with Crippen molar-refractivity contribution in [2.75, 3.05) is 45.9 Å². The van der Waals surface area contributed by atoms with Crippen molar-refractivity contribution in [3.05, 3.63) is 35.9 Å². The second-order valence-electron chi connectivity index (χ2n) is 8.57. The average Bonchev–Trinajstić information content (AvgIpc) is 2.77. The molecule has 2 fully saturated rings. The average molecular weight is 530 g/mol. The minimum atomic E-state index is -0.990. The van der Waals surface area contributed by atoms with Crippen molar-refractivity contribution in [1.82, 2.24) is 15.5 Å². The van der Waals surface area contributed by atoms with Gasteiger partial charge in [-0.2, -0.15) is 0 Å². The van der Waals surface area contributed by atoms with Crippen molar-refractivity contribution in [1.29, 1.82) is 0 Å². The summed E-state index contributed by atoms with van der Waals surface area (Å²) in [6.07, 6.45) is 6.35. The highest BCUT2D eigenvalue weighted by Gasteiger charge is 2.38. The summed E-state index contributed by atoms with van der Waals surface area (Å²) in [4.78, 5) is 7.35. The molecule has 1 aliphatic carbocycles. The predicted octanol–water partition coefficient (Wildman–Crippen LogP) is 3.10. The lowest BCUT2D eigenvalue weighted by molar-refractivity contribution is -0.0352. The first-order chi connectivity index (χ1) is 14.1. The molecule has 1 aromatic carbocycles. The van der Waals surface area contributed by atoms with E-state index in [-0.39, 0.29) is 29.5 Å². The molecule has 1 atom stereocenters. The van der Waals surface area contributed by atoms with Crippen molar-refractivity contribution in [3.8, 4) is 0 Å². The molecule has 6 nitrogen and oxygen atoms in total. The molecule has 2 aliphatic rings. The molecule has 170 valence electrons. The number of ether oxygens (including phenoxy) is 1. The summed E-state index contributed by atoms with van der Waals surface area (Å²) < 4.78 is 5.59. The Kier molecular flexibility index (Phi) is 10.3. The van der Waals surface area contributed by atoms with Gasteiger partial charge in [0.1, 0.15) is 5.60 Å². The molecule has 0 aromatic heterocycles.